The van der Waals surface area contributed by atoms with Crippen molar-refractivity contribution in [2.24, 2.45) is 0 Å². The van der Waals surface area contributed by atoms with Crippen LogP contribution in [0.5, 0.6) is 0 Å². The van der Waals surface area contributed by atoms with Gasteiger partial charge in [-0.05, 0) is 41.8 Å². The maximum absolute atomic E-state index is 13.7. The number of imidazole rings is 1. The van der Waals surface area contributed by atoms with E-state index in [-0.39, 0.29) is 6.54 Å². The second kappa shape index (κ2) is 9.50. The van der Waals surface area contributed by atoms with Crippen molar-refractivity contribution in [3.05, 3.63) is 128 Å². The Bertz CT molecular complexity index is 1680. The molecule has 0 radical (unpaired) electrons. The first kappa shape index (κ1) is 23.0. The second-order valence-corrected chi connectivity index (χ2v) is 8.51. The van der Waals surface area contributed by atoms with E-state index in [0.717, 1.165) is 16.7 Å². The van der Waals surface area contributed by atoms with Crippen molar-refractivity contribution >= 4 is 17.1 Å². The van der Waals surface area contributed by atoms with E-state index >= 15 is 0 Å². The van der Waals surface area contributed by atoms with Gasteiger partial charge in [-0.15, -0.1) is 0 Å². The molecule has 5 aromatic rings. The summed E-state index contributed by atoms with van der Waals surface area (Å²) in [5, 5.41) is 0. The van der Waals surface area contributed by atoms with Gasteiger partial charge >= 0.3 is 11.7 Å². The topological polar surface area (TPSA) is 88.1 Å². The molecule has 0 N–H and O–H groups in total. The molecular weight excluding hydrogens is 456 g/mol. The van der Waals surface area contributed by atoms with E-state index in [1.807, 2.05) is 61.5 Å². The van der Waals surface area contributed by atoms with Gasteiger partial charge < -0.3 is 9.30 Å². The van der Waals surface area contributed by atoms with Crippen molar-refractivity contribution in [3.63, 3.8) is 0 Å². The maximum Gasteiger partial charge on any atom is 0.337 e. The summed E-state index contributed by atoms with van der Waals surface area (Å²) in [6, 6.07) is 23.9. The first-order valence-electron chi connectivity index (χ1n) is 11.5. The third kappa shape index (κ3) is 4.13. The van der Waals surface area contributed by atoms with E-state index in [2.05, 4.69) is 4.98 Å². The van der Waals surface area contributed by atoms with Crippen molar-refractivity contribution in [1.82, 2.24) is 18.7 Å². The van der Waals surface area contributed by atoms with Crippen molar-refractivity contribution in [1.29, 1.82) is 0 Å². The Balaban J connectivity index is 1.69. The number of rotatable bonds is 6. The van der Waals surface area contributed by atoms with Crippen LogP contribution in [0.4, 0.5) is 0 Å². The maximum atomic E-state index is 13.7. The molecule has 0 bridgehead atoms. The van der Waals surface area contributed by atoms with E-state index in [9.17, 15) is 14.4 Å². The summed E-state index contributed by atoms with van der Waals surface area (Å²) in [4.78, 5) is 43.7. The van der Waals surface area contributed by atoms with Crippen LogP contribution in [0.2, 0.25) is 0 Å². The number of methoxy groups -OCH3 is 1. The molecule has 3 aromatic carbocycles. The van der Waals surface area contributed by atoms with Gasteiger partial charge in [-0.1, -0.05) is 60.7 Å². The summed E-state index contributed by atoms with van der Waals surface area (Å²) in [6.45, 7) is 2.39. The van der Waals surface area contributed by atoms with Crippen LogP contribution >= 0.6 is 0 Å². The Hall–Kier alpha value is -4.72. The van der Waals surface area contributed by atoms with Crippen molar-refractivity contribution in [2.45, 2.75) is 20.0 Å². The van der Waals surface area contributed by atoms with Crippen LogP contribution in [0.1, 0.15) is 27.0 Å². The van der Waals surface area contributed by atoms with E-state index in [4.69, 9.17) is 4.74 Å². The molecular formula is C28H24N4O4. The monoisotopic (exact) mass is 480 g/mol. The van der Waals surface area contributed by atoms with Gasteiger partial charge in [0, 0.05) is 6.54 Å². The number of ether oxygens (including phenoxy) is 1. The van der Waals surface area contributed by atoms with Crippen LogP contribution in [-0.2, 0) is 17.8 Å². The van der Waals surface area contributed by atoms with Crippen LogP contribution < -0.4 is 11.2 Å². The fraction of sp³-hybridized carbons (Fsp3) is 0.143. The van der Waals surface area contributed by atoms with Crippen molar-refractivity contribution in [3.8, 4) is 5.69 Å². The predicted octanol–water partition coefficient (Wildman–Crippen LogP) is 3.54. The zero-order valence-corrected chi connectivity index (χ0v) is 19.9. The van der Waals surface area contributed by atoms with Gasteiger partial charge in [0.15, 0.2) is 11.2 Å². The number of aryl methyl sites for hydroxylation is 1. The SMILES string of the molecule is COC(=O)c1ccc(Cn2cnc3c2c(=O)n(Cc2ccccc2)c(=O)n3-c2ccccc2C)cc1. The lowest BCUT2D eigenvalue weighted by molar-refractivity contribution is 0.0600. The molecule has 0 aliphatic rings. The Morgan fingerprint density at radius 3 is 2.22 bits per heavy atom. The predicted molar refractivity (Wildman–Crippen MR) is 137 cm³/mol. The zero-order chi connectivity index (χ0) is 25.2. The van der Waals surface area contributed by atoms with Crippen LogP contribution in [0.3, 0.4) is 0 Å². The molecule has 0 fully saturated rings. The number of fused-ring (bicyclic) bond motifs is 1. The van der Waals surface area contributed by atoms with E-state index in [1.165, 1.54) is 16.2 Å². The van der Waals surface area contributed by atoms with Crippen LogP contribution in [0.25, 0.3) is 16.9 Å². The first-order valence-corrected chi connectivity index (χ1v) is 11.5. The number of nitrogens with zero attached hydrogens (tertiary/aromatic N) is 4. The highest BCUT2D eigenvalue weighted by Crippen LogP contribution is 2.18. The highest BCUT2D eigenvalue weighted by Gasteiger charge is 2.20. The van der Waals surface area contributed by atoms with E-state index in [1.54, 1.807) is 35.2 Å². The second-order valence-electron chi connectivity index (χ2n) is 8.51. The highest BCUT2D eigenvalue weighted by atomic mass is 16.5. The lowest BCUT2D eigenvalue weighted by Gasteiger charge is -2.14. The van der Waals surface area contributed by atoms with Gasteiger partial charge in [-0.25, -0.2) is 19.1 Å². The molecule has 0 aliphatic heterocycles. The minimum atomic E-state index is -0.446. The molecule has 8 nitrogen and oxygen atoms in total. The summed E-state index contributed by atoms with van der Waals surface area (Å²) < 4.78 is 9.26. The molecule has 2 heterocycles. The molecule has 0 unspecified atom stereocenters. The summed E-state index contributed by atoms with van der Waals surface area (Å²) in [5.41, 5.74) is 3.48. The number of aromatic nitrogens is 4. The third-order valence-electron chi connectivity index (χ3n) is 6.17. The lowest BCUT2D eigenvalue weighted by Crippen LogP contribution is -2.40. The Morgan fingerprint density at radius 1 is 0.861 bits per heavy atom. The van der Waals surface area contributed by atoms with E-state index < -0.39 is 17.2 Å². The Kier molecular flexibility index (Phi) is 6.08. The summed E-state index contributed by atoms with van der Waals surface area (Å²) >= 11 is 0. The molecule has 36 heavy (non-hydrogen) atoms. The average molecular weight is 481 g/mol. The van der Waals surface area contributed by atoms with Gasteiger partial charge in [0.25, 0.3) is 5.56 Å². The van der Waals surface area contributed by atoms with Gasteiger partial charge in [-0.2, -0.15) is 0 Å². The smallest absolute Gasteiger partial charge is 0.337 e. The molecule has 0 aliphatic carbocycles. The standard InChI is InChI=1S/C28H24N4O4/c1-19-8-6-7-11-23(19)32-25-24(26(33)31(28(32)35)17-20-9-4-3-5-10-20)30(18-29-25)16-21-12-14-22(15-13-21)27(34)36-2/h3-15,18H,16-17H2,1-2H3. The molecule has 5 rings (SSSR count). The number of benzene rings is 3. The fourth-order valence-electron chi connectivity index (χ4n) is 4.30. The molecule has 0 spiro atoms. The minimum Gasteiger partial charge on any atom is -0.465 e. The number of carbonyl (C=O) groups is 1. The van der Waals surface area contributed by atoms with Gasteiger partial charge in [0.2, 0.25) is 0 Å². The van der Waals surface area contributed by atoms with Crippen molar-refractivity contribution in [2.75, 3.05) is 7.11 Å². The first-order chi connectivity index (χ1) is 17.5. The highest BCUT2D eigenvalue weighted by molar-refractivity contribution is 5.89. The molecule has 180 valence electrons. The van der Waals surface area contributed by atoms with Gasteiger partial charge in [-0.3, -0.25) is 9.36 Å². The molecule has 0 saturated heterocycles. The molecule has 2 aromatic heterocycles. The summed E-state index contributed by atoms with van der Waals surface area (Å²) in [5.74, 6) is -0.416. The number of hydrogen-bond acceptors (Lipinski definition) is 5. The third-order valence-corrected chi connectivity index (χ3v) is 6.17. The molecule has 0 amide bonds. The normalized spacial score (nSPS) is 11.1. The minimum absolute atomic E-state index is 0.138. The number of carbonyl (C=O) groups excluding carboxylic acids is 1. The van der Waals surface area contributed by atoms with Gasteiger partial charge in [0.1, 0.15) is 0 Å². The largest absolute Gasteiger partial charge is 0.465 e. The van der Waals surface area contributed by atoms with Crippen molar-refractivity contribution < 1.29 is 9.53 Å². The number of esters is 1. The van der Waals surface area contributed by atoms with E-state index in [0.29, 0.717) is 29.0 Å². The Morgan fingerprint density at radius 2 is 1.53 bits per heavy atom. The van der Waals surface area contributed by atoms with Gasteiger partial charge in [0.05, 0.1) is 31.2 Å². The lowest BCUT2D eigenvalue weighted by atomic mass is 10.1. The molecule has 8 heteroatoms. The van der Waals surface area contributed by atoms with Crippen LogP contribution in [-0.4, -0.2) is 31.8 Å². The van der Waals surface area contributed by atoms with Crippen LogP contribution in [0.15, 0.2) is 94.8 Å². The zero-order valence-electron chi connectivity index (χ0n) is 19.9. The van der Waals surface area contributed by atoms with Crippen LogP contribution in [0, 0.1) is 6.92 Å². The average Bonchev–Trinajstić information content (AvgIpc) is 3.31. The molecule has 0 saturated carbocycles. The summed E-state index contributed by atoms with van der Waals surface area (Å²) in [7, 11) is 1.34. The Labute approximate surface area is 206 Å². The molecule has 0 atom stereocenters. The summed E-state index contributed by atoms with van der Waals surface area (Å²) in [6.07, 6.45) is 1.57. The quantitative estimate of drug-likeness (QED) is 0.347. The number of hydrogen-bond donors (Lipinski definition) is 0. The number of para-hydroxylation sites is 1. The fourth-order valence-corrected chi connectivity index (χ4v) is 4.30.